The van der Waals surface area contributed by atoms with Crippen LogP contribution in [0.4, 0.5) is 5.69 Å². The van der Waals surface area contributed by atoms with Gasteiger partial charge < -0.3 is 15.9 Å². The third kappa shape index (κ3) is 8.11. The molecule has 0 aliphatic rings. The summed E-state index contributed by atoms with van der Waals surface area (Å²) < 4.78 is 5.23. The van der Waals surface area contributed by atoms with Crippen LogP contribution < -0.4 is 5.73 Å². The highest BCUT2D eigenvalue weighted by atomic mass is 16.5. The molecule has 96 valence electrons. The quantitative estimate of drug-likeness (QED) is 0.497. The fourth-order valence-electron chi connectivity index (χ4n) is 0.927. The molecule has 3 heteroatoms. The first-order chi connectivity index (χ1) is 7.65. The smallest absolute Gasteiger partial charge is 0.119 e. The summed E-state index contributed by atoms with van der Waals surface area (Å²) in [4.78, 5) is 0. The van der Waals surface area contributed by atoms with Gasteiger partial charge in [0.25, 0.3) is 0 Å². The molecular formula is C14H23NO2. The lowest BCUT2D eigenvalue weighted by molar-refractivity contribution is 0.299. The lowest BCUT2D eigenvalue weighted by atomic mass is 10.2. The average molecular weight is 237 g/mol. The molecule has 0 aliphatic heterocycles. The van der Waals surface area contributed by atoms with Gasteiger partial charge in [-0.2, -0.15) is 0 Å². The molecule has 4 N–H and O–H groups in total. The Morgan fingerprint density at radius 1 is 1.29 bits per heavy atom. The maximum absolute atomic E-state index is 5.53. The molecule has 0 heterocycles. The largest absolute Gasteiger partial charge is 0.494 e. The Morgan fingerprint density at radius 2 is 1.76 bits per heavy atom. The second-order valence-electron chi connectivity index (χ2n) is 3.18. The van der Waals surface area contributed by atoms with Gasteiger partial charge in [0.1, 0.15) is 5.76 Å². The number of benzene rings is 1. The Balaban J connectivity index is 0. The van der Waals surface area contributed by atoms with Gasteiger partial charge in [0.05, 0.1) is 6.61 Å². The van der Waals surface area contributed by atoms with Gasteiger partial charge >= 0.3 is 0 Å². The maximum Gasteiger partial charge on any atom is 0.119 e. The number of allylic oxidation sites excluding steroid dienone is 1. The molecule has 0 atom stereocenters. The van der Waals surface area contributed by atoms with E-state index in [0.29, 0.717) is 12.4 Å². The molecule has 0 radical (unpaired) electrons. The molecule has 1 aromatic carbocycles. The van der Waals surface area contributed by atoms with E-state index >= 15 is 0 Å². The van der Waals surface area contributed by atoms with Crippen molar-refractivity contribution in [1.29, 1.82) is 0 Å². The number of ether oxygens (including phenoxy) is 1. The Labute approximate surface area is 104 Å². The molecule has 0 aliphatic carbocycles. The minimum absolute atomic E-state index is 0. The van der Waals surface area contributed by atoms with E-state index in [1.54, 1.807) is 0 Å². The van der Waals surface area contributed by atoms with E-state index in [-0.39, 0.29) is 5.48 Å². The normalized spacial score (nSPS) is 8.12. The second-order valence-corrected chi connectivity index (χ2v) is 3.18. The van der Waals surface area contributed by atoms with Crippen molar-refractivity contribution in [2.24, 2.45) is 0 Å². The van der Waals surface area contributed by atoms with Gasteiger partial charge in [-0.25, -0.2) is 0 Å². The number of rotatable bonds is 4. The predicted molar refractivity (Wildman–Crippen MR) is 75.6 cm³/mol. The van der Waals surface area contributed by atoms with Crippen molar-refractivity contribution in [1.82, 2.24) is 0 Å². The molecule has 0 saturated heterocycles. The molecule has 0 amide bonds. The van der Waals surface area contributed by atoms with Crippen LogP contribution in [0.5, 0.6) is 0 Å². The number of hydrogen-bond donors (Lipinski definition) is 1. The highest BCUT2D eigenvalue weighted by Gasteiger charge is 1.96. The lowest BCUT2D eigenvalue weighted by Gasteiger charge is -2.06. The second kappa shape index (κ2) is 10.8. The van der Waals surface area contributed by atoms with Crippen LogP contribution in [-0.2, 0) is 4.74 Å². The third-order valence-electron chi connectivity index (χ3n) is 1.84. The van der Waals surface area contributed by atoms with Crippen LogP contribution in [0.25, 0.3) is 5.76 Å². The van der Waals surface area contributed by atoms with Gasteiger partial charge in [-0.05, 0) is 37.6 Å². The number of hydrogen-bond acceptors (Lipinski definition) is 2. The van der Waals surface area contributed by atoms with Crippen molar-refractivity contribution in [2.75, 3.05) is 12.3 Å². The fraction of sp³-hybridized carbons (Fsp3) is 0.286. The van der Waals surface area contributed by atoms with E-state index in [1.165, 1.54) is 0 Å². The van der Waals surface area contributed by atoms with E-state index < -0.39 is 0 Å². The van der Waals surface area contributed by atoms with Gasteiger partial charge in [0.2, 0.25) is 0 Å². The minimum Gasteiger partial charge on any atom is -0.494 e. The van der Waals surface area contributed by atoms with Crippen LogP contribution in [0.1, 0.15) is 25.8 Å². The highest BCUT2D eigenvalue weighted by Crippen LogP contribution is 2.14. The molecule has 1 aromatic rings. The molecule has 17 heavy (non-hydrogen) atoms. The zero-order valence-electron chi connectivity index (χ0n) is 10.7. The third-order valence-corrected chi connectivity index (χ3v) is 1.84. The molecule has 0 aromatic heterocycles. The summed E-state index contributed by atoms with van der Waals surface area (Å²) in [6.45, 7) is 11.9. The van der Waals surface area contributed by atoms with Gasteiger partial charge in [-0.15, -0.1) is 6.58 Å². The van der Waals surface area contributed by atoms with E-state index in [2.05, 4.69) is 20.1 Å². The zero-order chi connectivity index (χ0) is 12.4. The summed E-state index contributed by atoms with van der Waals surface area (Å²) in [7, 11) is 0. The van der Waals surface area contributed by atoms with E-state index in [0.717, 1.165) is 17.7 Å². The fourth-order valence-corrected chi connectivity index (χ4v) is 0.927. The first-order valence-electron chi connectivity index (χ1n) is 5.44. The molecule has 0 unspecified atom stereocenters. The molecular weight excluding hydrogens is 214 g/mol. The minimum atomic E-state index is 0. The van der Waals surface area contributed by atoms with Gasteiger partial charge in [0, 0.05) is 11.3 Å². The van der Waals surface area contributed by atoms with Crippen molar-refractivity contribution in [3.63, 3.8) is 0 Å². The number of nitrogens with two attached hydrogens (primary N) is 1. The van der Waals surface area contributed by atoms with Crippen LogP contribution >= 0.6 is 0 Å². The Hall–Kier alpha value is -1.74. The highest BCUT2D eigenvalue weighted by molar-refractivity contribution is 5.59. The Morgan fingerprint density at radius 3 is 2.12 bits per heavy atom. The van der Waals surface area contributed by atoms with E-state index in [4.69, 9.17) is 10.5 Å². The summed E-state index contributed by atoms with van der Waals surface area (Å²) in [5.41, 5.74) is 7.26. The molecule has 3 nitrogen and oxygen atoms in total. The summed E-state index contributed by atoms with van der Waals surface area (Å²) >= 11 is 0. The molecule has 0 bridgehead atoms. The molecule has 1 rings (SSSR count). The van der Waals surface area contributed by atoms with Crippen molar-refractivity contribution in [2.45, 2.75) is 20.3 Å². The first-order valence-corrected chi connectivity index (χ1v) is 5.44. The summed E-state index contributed by atoms with van der Waals surface area (Å²) in [5.74, 6) is 0.692. The summed E-state index contributed by atoms with van der Waals surface area (Å²) in [5, 5.41) is 0. The van der Waals surface area contributed by atoms with Crippen molar-refractivity contribution in [3.8, 4) is 0 Å². The standard InChI is InChI=1S/C10H13NO.C4H8.H2O/c1-3-12-8(2)9-4-6-10(11)7-5-9;1-3-4-2;/h4-7H,2-3,11H2,1H3;3H,1,4H2,2H3;1H2. The zero-order valence-corrected chi connectivity index (χ0v) is 10.7. The predicted octanol–water partition coefficient (Wildman–Crippen LogP) is 3.03. The molecule has 0 fully saturated rings. The number of nitrogen functional groups attached to an aromatic ring is 1. The maximum atomic E-state index is 5.53. The van der Waals surface area contributed by atoms with Gasteiger partial charge in [0.15, 0.2) is 0 Å². The monoisotopic (exact) mass is 237 g/mol. The van der Waals surface area contributed by atoms with E-state index in [9.17, 15) is 0 Å². The van der Waals surface area contributed by atoms with Crippen LogP contribution in [0.3, 0.4) is 0 Å². The van der Waals surface area contributed by atoms with Crippen LogP contribution in [0.2, 0.25) is 0 Å². The SMILES string of the molecule is C=C(OCC)c1ccc(N)cc1.C=CCC.O. The Bertz CT molecular complexity index is 317. The Kier molecular flexibility index (Phi) is 11.2. The van der Waals surface area contributed by atoms with Crippen LogP contribution in [0.15, 0.2) is 43.5 Å². The van der Waals surface area contributed by atoms with Crippen molar-refractivity contribution in [3.05, 3.63) is 49.1 Å². The first kappa shape index (κ1) is 17.6. The van der Waals surface area contributed by atoms with Crippen LogP contribution in [0, 0.1) is 0 Å². The molecule has 0 spiro atoms. The number of anilines is 1. The van der Waals surface area contributed by atoms with Crippen molar-refractivity contribution < 1.29 is 10.2 Å². The molecule has 0 saturated carbocycles. The summed E-state index contributed by atoms with van der Waals surface area (Å²) in [6.07, 6.45) is 2.96. The van der Waals surface area contributed by atoms with E-state index in [1.807, 2.05) is 37.3 Å². The average Bonchev–Trinajstić information content (AvgIpc) is 2.30. The van der Waals surface area contributed by atoms with Crippen LogP contribution in [-0.4, -0.2) is 12.1 Å². The lowest BCUT2D eigenvalue weighted by Crippen LogP contribution is -1.90. The van der Waals surface area contributed by atoms with Gasteiger partial charge in [-0.1, -0.05) is 19.6 Å². The topological polar surface area (TPSA) is 66.8 Å². The summed E-state index contributed by atoms with van der Waals surface area (Å²) in [6, 6.07) is 7.46. The van der Waals surface area contributed by atoms with Gasteiger partial charge in [-0.3, -0.25) is 0 Å². The van der Waals surface area contributed by atoms with Crippen molar-refractivity contribution >= 4 is 11.4 Å².